The van der Waals surface area contributed by atoms with Crippen LogP contribution in [0.4, 0.5) is 17.5 Å². The number of pyridine rings is 2. The molecule has 0 saturated heterocycles. The summed E-state index contributed by atoms with van der Waals surface area (Å²) >= 11 is 0. The number of anilines is 2. The molecule has 0 unspecified atom stereocenters. The number of rotatable bonds is 3. The zero-order chi connectivity index (χ0) is 22.3. The van der Waals surface area contributed by atoms with Crippen molar-refractivity contribution in [2.45, 2.75) is 51.5 Å². The van der Waals surface area contributed by atoms with E-state index < -0.39 is 5.54 Å². The Balaban J connectivity index is 1.57. The summed E-state index contributed by atoms with van der Waals surface area (Å²) in [5.41, 5.74) is 2.70. The first kappa shape index (κ1) is 20.2. The van der Waals surface area contributed by atoms with Crippen LogP contribution in [-0.2, 0) is 5.54 Å². The highest BCUT2D eigenvalue weighted by Crippen LogP contribution is 2.42. The summed E-state index contributed by atoms with van der Waals surface area (Å²) in [6, 6.07) is 7.23. The van der Waals surface area contributed by atoms with E-state index in [9.17, 15) is 10.0 Å². The molecular formula is C23H25N7O2. The highest BCUT2D eigenvalue weighted by atomic mass is 16.5. The van der Waals surface area contributed by atoms with Gasteiger partial charge in [0.1, 0.15) is 18.0 Å². The number of nitrogens with zero attached hydrogens (tertiary/aromatic N) is 5. The van der Waals surface area contributed by atoms with Crippen molar-refractivity contribution in [3.63, 3.8) is 0 Å². The predicted octanol–water partition coefficient (Wildman–Crippen LogP) is 3.41. The minimum atomic E-state index is -0.537. The minimum absolute atomic E-state index is 0.131. The molecule has 2 aliphatic rings. The van der Waals surface area contributed by atoms with E-state index in [4.69, 9.17) is 0 Å². The van der Waals surface area contributed by atoms with E-state index in [2.05, 4.69) is 30.6 Å². The first-order chi connectivity index (χ1) is 15.5. The van der Waals surface area contributed by atoms with Crippen LogP contribution in [0.25, 0.3) is 0 Å². The number of aromatic nitrogens is 4. The van der Waals surface area contributed by atoms with Gasteiger partial charge in [-0.05, 0) is 49.9 Å². The van der Waals surface area contributed by atoms with Crippen LogP contribution in [0.2, 0.25) is 0 Å². The van der Waals surface area contributed by atoms with Gasteiger partial charge in [0.15, 0.2) is 11.3 Å². The second-order valence-corrected chi connectivity index (χ2v) is 8.49. The van der Waals surface area contributed by atoms with Crippen LogP contribution in [0.1, 0.15) is 59.3 Å². The number of hydrogen-bond acceptors (Lipinski definition) is 7. The second kappa shape index (κ2) is 7.74. The van der Waals surface area contributed by atoms with Crippen LogP contribution < -0.4 is 16.1 Å². The van der Waals surface area contributed by atoms with Crippen LogP contribution in [0.5, 0.6) is 0 Å². The van der Waals surface area contributed by atoms with Crippen molar-refractivity contribution in [1.82, 2.24) is 25.0 Å². The summed E-state index contributed by atoms with van der Waals surface area (Å²) in [4.78, 5) is 30.1. The highest BCUT2D eigenvalue weighted by Gasteiger charge is 2.47. The molecule has 3 aromatic rings. The van der Waals surface area contributed by atoms with Crippen molar-refractivity contribution in [1.29, 1.82) is 0 Å². The molecule has 1 aliphatic heterocycles. The van der Waals surface area contributed by atoms with Crippen molar-refractivity contribution < 1.29 is 10.0 Å². The molecule has 1 spiro atoms. The Bertz CT molecular complexity index is 1280. The van der Waals surface area contributed by atoms with Crippen molar-refractivity contribution in [3.8, 4) is 0 Å². The average molecular weight is 432 g/mol. The molecule has 1 amide bonds. The van der Waals surface area contributed by atoms with E-state index in [0.29, 0.717) is 34.2 Å². The van der Waals surface area contributed by atoms with Crippen LogP contribution in [0.15, 0.2) is 41.8 Å². The fourth-order valence-corrected chi connectivity index (χ4v) is 4.73. The topological polar surface area (TPSA) is 117 Å². The number of nitrogens with one attached hydrogen (secondary N) is 2. The van der Waals surface area contributed by atoms with E-state index >= 15 is 0 Å². The summed E-state index contributed by atoms with van der Waals surface area (Å²) in [7, 11) is 0. The standard InChI is InChI=1S/C23H25N7O2/c1-14-7-6-10-24-21(14)28-17-12-16(25-13-26-17)27-18-11-15(2)19-20(30(18)32)23(29-22(19)31)8-4-3-5-9-23/h6-7,10-13,32H,3-5,8-9H2,1-2H3,(H,29,31)(H,24,25,26,28). The van der Waals surface area contributed by atoms with E-state index in [1.807, 2.05) is 26.0 Å². The third kappa shape index (κ3) is 3.39. The molecule has 0 atom stereocenters. The van der Waals surface area contributed by atoms with Crippen molar-refractivity contribution in [2.75, 3.05) is 5.32 Å². The maximum absolute atomic E-state index is 12.7. The number of carbonyl (C=O) groups is 1. The summed E-state index contributed by atoms with van der Waals surface area (Å²) < 4.78 is 1.06. The molecular weight excluding hydrogens is 406 g/mol. The maximum Gasteiger partial charge on any atom is 0.254 e. The van der Waals surface area contributed by atoms with Gasteiger partial charge in [0, 0.05) is 12.3 Å². The fraction of sp³-hybridized carbons (Fsp3) is 0.348. The normalized spacial score (nSPS) is 17.3. The lowest BCUT2D eigenvalue weighted by atomic mass is 9.79. The molecule has 0 bridgehead atoms. The fourth-order valence-electron chi connectivity index (χ4n) is 4.73. The Hall–Kier alpha value is -3.75. The molecule has 3 aromatic heterocycles. The summed E-state index contributed by atoms with van der Waals surface area (Å²) in [6.45, 7) is 3.83. The van der Waals surface area contributed by atoms with Gasteiger partial charge in [-0.25, -0.2) is 19.9 Å². The molecule has 0 radical (unpaired) electrons. The van der Waals surface area contributed by atoms with Crippen LogP contribution in [0, 0.1) is 13.8 Å². The van der Waals surface area contributed by atoms with Gasteiger partial charge in [0.2, 0.25) is 0 Å². The molecule has 164 valence electrons. The lowest BCUT2D eigenvalue weighted by molar-refractivity contribution is 0.0892. The van der Waals surface area contributed by atoms with Gasteiger partial charge >= 0.3 is 0 Å². The van der Waals surface area contributed by atoms with Gasteiger partial charge in [0.05, 0.1) is 16.8 Å². The molecule has 1 saturated carbocycles. The number of carbonyl (C=O) groups excluding carboxylic acids is 1. The number of hydrogen-bond donors (Lipinski definition) is 3. The maximum atomic E-state index is 12.7. The predicted molar refractivity (Wildman–Crippen MR) is 118 cm³/mol. The Morgan fingerprint density at radius 1 is 1.12 bits per heavy atom. The highest BCUT2D eigenvalue weighted by molar-refractivity contribution is 6.00. The van der Waals surface area contributed by atoms with Gasteiger partial charge in [-0.1, -0.05) is 25.3 Å². The Labute approximate surface area is 185 Å². The van der Waals surface area contributed by atoms with Crippen LogP contribution >= 0.6 is 0 Å². The van der Waals surface area contributed by atoms with Gasteiger partial charge in [0.25, 0.3) is 5.91 Å². The molecule has 1 fully saturated rings. The summed E-state index contributed by atoms with van der Waals surface area (Å²) in [5, 5.41) is 17.5. The summed E-state index contributed by atoms with van der Waals surface area (Å²) in [5.74, 6) is 1.50. The Kier molecular flexibility index (Phi) is 4.88. The molecule has 9 heteroatoms. The Morgan fingerprint density at radius 2 is 1.94 bits per heavy atom. The largest absolute Gasteiger partial charge is 0.427 e. The minimum Gasteiger partial charge on any atom is -0.427 e. The third-order valence-electron chi connectivity index (χ3n) is 6.28. The number of fused-ring (bicyclic) bond motifs is 2. The summed E-state index contributed by atoms with van der Waals surface area (Å²) in [6.07, 6.45) is 7.88. The van der Waals surface area contributed by atoms with Gasteiger partial charge in [-0.2, -0.15) is 4.73 Å². The molecule has 1 aliphatic carbocycles. The zero-order valence-corrected chi connectivity index (χ0v) is 18.1. The third-order valence-corrected chi connectivity index (χ3v) is 6.28. The van der Waals surface area contributed by atoms with Crippen LogP contribution in [0.3, 0.4) is 0 Å². The lowest BCUT2D eigenvalue weighted by Gasteiger charge is -2.34. The second-order valence-electron chi connectivity index (χ2n) is 8.49. The molecule has 32 heavy (non-hydrogen) atoms. The molecule has 9 nitrogen and oxygen atoms in total. The van der Waals surface area contributed by atoms with Gasteiger partial charge < -0.3 is 15.8 Å². The SMILES string of the molecule is Cc1cccnc1Nc1cc(N=c2cc(C)c3c(n2O)C2(CCCCC2)NC3=O)ncn1. The lowest BCUT2D eigenvalue weighted by Crippen LogP contribution is -2.43. The van der Waals surface area contributed by atoms with Crippen LogP contribution in [-0.4, -0.2) is 30.8 Å². The zero-order valence-electron chi connectivity index (χ0n) is 18.1. The number of aryl methyl sites for hydroxylation is 2. The van der Waals surface area contributed by atoms with Crippen molar-refractivity contribution in [3.05, 3.63) is 64.7 Å². The van der Waals surface area contributed by atoms with E-state index in [1.54, 1.807) is 18.3 Å². The monoisotopic (exact) mass is 431 g/mol. The van der Waals surface area contributed by atoms with E-state index in [0.717, 1.165) is 48.0 Å². The molecule has 3 N–H and O–H groups in total. The van der Waals surface area contributed by atoms with Gasteiger partial charge in [-0.3, -0.25) is 4.79 Å². The van der Waals surface area contributed by atoms with Crippen molar-refractivity contribution >= 4 is 23.4 Å². The first-order valence-electron chi connectivity index (χ1n) is 10.8. The van der Waals surface area contributed by atoms with E-state index in [-0.39, 0.29) is 5.91 Å². The van der Waals surface area contributed by atoms with Crippen molar-refractivity contribution in [2.24, 2.45) is 4.99 Å². The smallest absolute Gasteiger partial charge is 0.254 e. The average Bonchev–Trinajstić information content (AvgIpc) is 3.06. The number of amides is 1. The molecule has 4 heterocycles. The molecule has 0 aromatic carbocycles. The first-order valence-corrected chi connectivity index (χ1v) is 10.8. The van der Waals surface area contributed by atoms with Gasteiger partial charge in [-0.15, -0.1) is 0 Å². The Morgan fingerprint density at radius 3 is 2.72 bits per heavy atom. The van der Waals surface area contributed by atoms with E-state index in [1.165, 1.54) is 6.33 Å². The molecule has 5 rings (SSSR count). The quantitative estimate of drug-likeness (QED) is 0.547.